The lowest BCUT2D eigenvalue weighted by Gasteiger charge is -2.12. The van der Waals surface area contributed by atoms with E-state index in [-0.39, 0.29) is 19.2 Å². The maximum Gasteiger partial charge on any atom is 0.305 e. The third-order valence-corrected chi connectivity index (χ3v) is 8.12. The second-order valence-corrected chi connectivity index (χ2v) is 12.4. The number of carbonyl (C=O) groups excluding carboxylic acids is 1. The number of hydrogen-bond acceptors (Lipinski definition) is 4. The van der Waals surface area contributed by atoms with Gasteiger partial charge < -0.3 is 14.6 Å². The van der Waals surface area contributed by atoms with Crippen LogP contribution in [0.15, 0.2) is 0 Å². The van der Waals surface area contributed by atoms with Gasteiger partial charge in [0, 0.05) is 13.0 Å². The molecular weight excluding hydrogens is 496 g/mol. The smallest absolute Gasteiger partial charge is 0.305 e. The first-order chi connectivity index (χ1) is 19.7. The summed E-state index contributed by atoms with van der Waals surface area (Å²) in [4.78, 5) is 11.9. The van der Waals surface area contributed by atoms with Crippen molar-refractivity contribution in [2.24, 2.45) is 0 Å². The molecule has 1 N–H and O–H groups in total. The lowest BCUT2D eigenvalue weighted by molar-refractivity contribution is -0.147. The van der Waals surface area contributed by atoms with Crippen LogP contribution in [0.25, 0.3) is 0 Å². The standard InChI is InChI=1S/C36H72O4/c1-3-5-7-9-11-13-15-17-18-20-22-24-26-28-30-32-39-33-35(37)34-40-36(38)31-29-27-25-23-21-19-16-14-12-10-8-6-4-2/h35,37H,3-34H2,1-2H3. The molecule has 40 heavy (non-hydrogen) atoms. The number of aliphatic hydroxyl groups excluding tert-OH is 1. The molecule has 0 saturated heterocycles. The number of aliphatic hydroxyl groups is 1. The minimum atomic E-state index is -0.716. The Hall–Kier alpha value is -0.610. The quantitative estimate of drug-likeness (QED) is 0.0619. The van der Waals surface area contributed by atoms with Crippen LogP contribution in [0.2, 0.25) is 0 Å². The van der Waals surface area contributed by atoms with E-state index in [2.05, 4.69) is 13.8 Å². The molecule has 1 unspecified atom stereocenters. The number of ether oxygens (including phenoxy) is 2. The van der Waals surface area contributed by atoms with Crippen LogP contribution in [0.5, 0.6) is 0 Å². The topological polar surface area (TPSA) is 55.8 Å². The zero-order valence-electron chi connectivity index (χ0n) is 27.4. The monoisotopic (exact) mass is 569 g/mol. The molecule has 0 aromatic heterocycles. The molecule has 0 fully saturated rings. The summed E-state index contributed by atoms with van der Waals surface area (Å²) in [5.74, 6) is -0.190. The van der Waals surface area contributed by atoms with Crippen LogP contribution in [-0.4, -0.2) is 37.0 Å². The van der Waals surface area contributed by atoms with Crippen molar-refractivity contribution in [2.45, 2.75) is 206 Å². The fraction of sp³-hybridized carbons (Fsp3) is 0.972. The van der Waals surface area contributed by atoms with Gasteiger partial charge >= 0.3 is 5.97 Å². The Kier molecular flexibility index (Phi) is 34.1. The summed E-state index contributed by atoms with van der Waals surface area (Å²) < 4.78 is 10.8. The molecule has 4 heteroatoms. The van der Waals surface area contributed by atoms with Crippen LogP contribution in [0.3, 0.4) is 0 Å². The van der Waals surface area contributed by atoms with Crippen molar-refractivity contribution >= 4 is 5.97 Å². The molecule has 0 aliphatic carbocycles. The normalized spacial score (nSPS) is 12.2. The predicted octanol–water partition coefficient (Wildman–Crippen LogP) is 11.3. The van der Waals surface area contributed by atoms with Gasteiger partial charge in [0.05, 0.1) is 6.61 Å². The average molecular weight is 569 g/mol. The van der Waals surface area contributed by atoms with Gasteiger partial charge in [-0.25, -0.2) is 0 Å². The molecule has 1 atom stereocenters. The highest BCUT2D eigenvalue weighted by atomic mass is 16.5. The van der Waals surface area contributed by atoms with Gasteiger partial charge in [0.15, 0.2) is 0 Å². The third-order valence-electron chi connectivity index (χ3n) is 8.12. The van der Waals surface area contributed by atoms with Gasteiger partial charge in [0.2, 0.25) is 0 Å². The first-order valence-electron chi connectivity index (χ1n) is 18.1. The van der Waals surface area contributed by atoms with Gasteiger partial charge in [-0.1, -0.05) is 181 Å². The van der Waals surface area contributed by atoms with E-state index in [9.17, 15) is 9.90 Å². The molecule has 0 bridgehead atoms. The van der Waals surface area contributed by atoms with E-state index in [1.165, 1.54) is 161 Å². The highest BCUT2D eigenvalue weighted by molar-refractivity contribution is 5.69. The molecule has 0 aromatic rings. The molecule has 0 radical (unpaired) electrons. The molecular formula is C36H72O4. The number of unbranched alkanes of at least 4 members (excludes halogenated alkanes) is 26. The van der Waals surface area contributed by atoms with Crippen molar-refractivity contribution in [2.75, 3.05) is 19.8 Å². The molecule has 240 valence electrons. The van der Waals surface area contributed by atoms with E-state index in [1.54, 1.807) is 0 Å². The van der Waals surface area contributed by atoms with Crippen molar-refractivity contribution in [1.29, 1.82) is 0 Å². The summed E-state index contributed by atoms with van der Waals surface area (Å²) in [5.41, 5.74) is 0. The van der Waals surface area contributed by atoms with Gasteiger partial charge in [-0.3, -0.25) is 4.79 Å². The molecule has 0 aliphatic rings. The van der Waals surface area contributed by atoms with Gasteiger partial charge in [0.1, 0.15) is 12.7 Å². The van der Waals surface area contributed by atoms with Gasteiger partial charge in [-0.2, -0.15) is 0 Å². The fourth-order valence-electron chi connectivity index (χ4n) is 5.39. The van der Waals surface area contributed by atoms with E-state index < -0.39 is 6.10 Å². The molecule has 4 nitrogen and oxygen atoms in total. The molecule has 0 amide bonds. The van der Waals surface area contributed by atoms with Crippen molar-refractivity contribution in [1.82, 2.24) is 0 Å². The highest BCUT2D eigenvalue weighted by Crippen LogP contribution is 2.14. The molecule has 0 spiro atoms. The summed E-state index contributed by atoms with van der Waals surface area (Å²) in [7, 11) is 0. The second kappa shape index (κ2) is 34.6. The van der Waals surface area contributed by atoms with Crippen molar-refractivity contribution in [3.8, 4) is 0 Å². The average Bonchev–Trinajstić information content (AvgIpc) is 2.96. The molecule has 0 aliphatic heterocycles. The van der Waals surface area contributed by atoms with Crippen molar-refractivity contribution in [3.63, 3.8) is 0 Å². The lowest BCUT2D eigenvalue weighted by atomic mass is 10.0. The minimum absolute atomic E-state index is 0.0517. The lowest BCUT2D eigenvalue weighted by Crippen LogP contribution is -2.24. The molecule has 0 aromatic carbocycles. The summed E-state index contributed by atoms with van der Waals surface area (Å²) in [5, 5.41) is 10.0. The Bertz CT molecular complexity index is 481. The summed E-state index contributed by atoms with van der Waals surface area (Å²) in [6.07, 6.45) is 36.9. The Morgan fingerprint density at radius 1 is 0.475 bits per heavy atom. The van der Waals surface area contributed by atoms with Crippen molar-refractivity contribution in [3.05, 3.63) is 0 Å². The number of carbonyl (C=O) groups is 1. The van der Waals surface area contributed by atoms with E-state index in [4.69, 9.17) is 9.47 Å². The Labute approximate surface area is 251 Å². The first kappa shape index (κ1) is 39.4. The van der Waals surface area contributed by atoms with E-state index in [1.807, 2.05) is 0 Å². The van der Waals surface area contributed by atoms with Crippen LogP contribution in [-0.2, 0) is 14.3 Å². The van der Waals surface area contributed by atoms with E-state index >= 15 is 0 Å². The molecule has 0 rings (SSSR count). The Balaban J connectivity index is 3.26. The summed E-state index contributed by atoms with van der Waals surface area (Å²) in [6, 6.07) is 0. The van der Waals surface area contributed by atoms with Crippen LogP contribution in [0.1, 0.15) is 200 Å². The zero-order chi connectivity index (χ0) is 29.2. The van der Waals surface area contributed by atoms with Crippen LogP contribution in [0.4, 0.5) is 0 Å². The number of hydrogen-bond donors (Lipinski definition) is 1. The van der Waals surface area contributed by atoms with Crippen molar-refractivity contribution < 1.29 is 19.4 Å². The largest absolute Gasteiger partial charge is 0.463 e. The second-order valence-electron chi connectivity index (χ2n) is 12.4. The first-order valence-corrected chi connectivity index (χ1v) is 18.1. The summed E-state index contributed by atoms with van der Waals surface area (Å²) in [6.45, 7) is 5.54. The van der Waals surface area contributed by atoms with Gasteiger partial charge in [0.25, 0.3) is 0 Å². The van der Waals surface area contributed by atoms with E-state index in [0.29, 0.717) is 13.0 Å². The SMILES string of the molecule is CCCCCCCCCCCCCCCCCOCC(O)COC(=O)CCCCCCCCCCCCCCC. The Morgan fingerprint density at radius 2 is 0.800 bits per heavy atom. The van der Waals surface area contributed by atoms with Gasteiger partial charge in [-0.05, 0) is 12.8 Å². The minimum Gasteiger partial charge on any atom is -0.463 e. The van der Waals surface area contributed by atoms with E-state index in [0.717, 1.165) is 19.3 Å². The van der Waals surface area contributed by atoms with Gasteiger partial charge in [-0.15, -0.1) is 0 Å². The predicted molar refractivity (Wildman–Crippen MR) is 173 cm³/mol. The van der Waals surface area contributed by atoms with Crippen LogP contribution >= 0.6 is 0 Å². The Morgan fingerprint density at radius 3 is 1.18 bits per heavy atom. The fourth-order valence-corrected chi connectivity index (χ4v) is 5.39. The maximum absolute atomic E-state index is 11.9. The summed E-state index contributed by atoms with van der Waals surface area (Å²) >= 11 is 0. The van der Waals surface area contributed by atoms with Crippen LogP contribution in [0, 0.1) is 0 Å². The zero-order valence-corrected chi connectivity index (χ0v) is 27.4. The van der Waals surface area contributed by atoms with Crippen LogP contribution < -0.4 is 0 Å². The maximum atomic E-state index is 11.9. The number of esters is 1. The number of rotatable bonds is 34. The molecule has 0 saturated carbocycles. The third kappa shape index (κ3) is 33.6. The molecule has 0 heterocycles. The highest BCUT2D eigenvalue weighted by Gasteiger charge is 2.09.